The Morgan fingerprint density at radius 3 is 2.45 bits per heavy atom. The number of aromatic nitrogens is 1. The minimum absolute atomic E-state index is 0.0908. The Bertz CT molecular complexity index is 770. The fraction of sp³-hybridized carbons (Fsp3) is 0.267. The third-order valence-corrected chi connectivity index (χ3v) is 5.32. The second kappa shape index (κ2) is 4.59. The molecule has 2 aromatic rings. The predicted molar refractivity (Wildman–Crippen MR) is 75.5 cm³/mol. The first-order chi connectivity index (χ1) is 9.50. The smallest absolute Gasteiger partial charge is 0.268 e. The van der Waals surface area contributed by atoms with Gasteiger partial charge in [0.25, 0.3) is 10.0 Å². The molecule has 1 aliphatic rings. The number of benzene rings is 1. The molecule has 0 radical (unpaired) electrons. The van der Waals surface area contributed by atoms with Crippen LogP contribution in [0.3, 0.4) is 0 Å². The molecule has 0 aliphatic heterocycles. The number of carbonyl (C=O) groups excluding carboxylic acids is 1. The molecular formula is C15H15NO3S. The first kappa shape index (κ1) is 13.1. The first-order valence-corrected chi connectivity index (χ1v) is 8.00. The third kappa shape index (κ3) is 1.98. The minimum atomic E-state index is -3.69. The summed E-state index contributed by atoms with van der Waals surface area (Å²) in [7, 11) is -3.69. The van der Waals surface area contributed by atoms with Crippen molar-refractivity contribution in [2.45, 2.75) is 31.1 Å². The largest absolute Gasteiger partial charge is 0.292 e. The maximum Gasteiger partial charge on any atom is 0.268 e. The zero-order valence-electron chi connectivity index (χ0n) is 11.2. The number of nitrogens with zero attached hydrogens (tertiary/aromatic N) is 1. The zero-order chi connectivity index (χ0) is 14.3. The van der Waals surface area contributed by atoms with Crippen LogP contribution in [0.4, 0.5) is 0 Å². The number of hydrogen-bond donors (Lipinski definition) is 0. The highest BCUT2D eigenvalue weighted by Crippen LogP contribution is 2.26. The average molecular weight is 289 g/mol. The van der Waals surface area contributed by atoms with Gasteiger partial charge in [0, 0.05) is 12.6 Å². The molecule has 0 fully saturated rings. The van der Waals surface area contributed by atoms with Crippen LogP contribution < -0.4 is 0 Å². The Kier molecular flexibility index (Phi) is 3.01. The standard InChI is InChI=1S/C15H15NO3S/c1-11-5-7-13(8-6-11)20(18,19)16-10-9-12-3-2-4-14(17)15(12)16/h5-10H,2-4H2,1H3. The van der Waals surface area contributed by atoms with Gasteiger partial charge in [0.1, 0.15) is 5.69 Å². The number of ketones is 1. The van der Waals surface area contributed by atoms with E-state index in [1.165, 1.54) is 6.20 Å². The molecule has 1 aromatic carbocycles. The van der Waals surface area contributed by atoms with Crippen molar-refractivity contribution in [1.29, 1.82) is 0 Å². The van der Waals surface area contributed by atoms with Crippen LogP contribution in [0.5, 0.6) is 0 Å². The van der Waals surface area contributed by atoms with Gasteiger partial charge < -0.3 is 0 Å². The number of aryl methyl sites for hydroxylation is 2. The van der Waals surface area contributed by atoms with E-state index in [0.29, 0.717) is 12.1 Å². The van der Waals surface area contributed by atoms with Gasteiger partial charge in [0.15, 0.2) is 5.78 Å². The van der Waals surface area contributed by atoms with Crippen molar-refractivity contribution < 1.29 is 13.2 Å². The Balaban J connectivity index is 2.15. The molecule has 0 unspecified atom stereocenters. The van der Waals surface area contributed by atoms with Gasteiger partial charge in [0.05, 0.1) is 4.90 Å². The van der Waals surface area contributed by atoms with Gasteiger partial charge in [-0.25, -0.2) is 12.4 Å². The van der Waals surface area contributed by atoms with Gasteiger partial charge in [-0.2, -0.15) is 0 Å². The molecular weight excluding hydrogens is 274 g/mol. The van der Waals surface area contributed by atoms with Crippen molar-refractivity contribution in [3.63, 3.8) is 0 Å². The number of hydrogen-bond acceptors (Lipinski definition) is 3. The Labute approximate surface area is 118 Å². The van der Waals surface area contributed by atoms with E-state index in [-0.39, 0.29) is 10.7 Å². The second-order valence-corrected chi connectivity index (χ2v) is 6.90. The SMILES string of the molecule is Cc1ccc(S(=O)(=O)n2ccc3c2C(=O)CCC3)cc1. The lowest BCUT2D eigenvalue weighted by atomic mass is 9.97. The molecule has 104 valence electrons. The van der Waals surface area contributed by atoms with Crippen LogP contribution in [0.1, 0.15) is 34.5 Å². The second-order valence-electron chi connectivity index (χ2n) is 5.08. The summed E-state index contributed by atoms with van der Waals surface area (Å²) < 4.78 is 26.4. The monoisotopic (exact) mass is 289 g/mol. The molecule has 0 bridgehead atoms. The van der Waals surface area contributed by atoms with Crippen molar-refractivity contribution in [3.8, 4) is 0 Å². The molecule has 0 atom stereocenters. The van der Waals surface area contributed by atoms with Crippen molar-refractivity contribution in [2.75, 3.05) is 0 Å². The summed E-state index contributed by atoms with van der Waals surface area (Å²) in [6, 6.07) is 8.39. The fourth-order valence-electron chi connectivity index (χ4n) is 2.54. The van der Waals surface area contributed by atoms with Crippen molar-refractivity contribution in [1.82, 2.24) is 3.97 Å². The van der Waals surface area contributed by atoms with Gasteiger partial charge in [0.2, 0.25) is 0 Å². The predicted octanol–water partition coefficient (Wildman–Crippen LogP) is 2.55. The van der Waals surface area contributed by atoms with E-state index >= 15 is 0 Å². The number of carbonyl (C=O) groups is 1. The Morgan fingerprint density at radius 1 is 1.05 bits per heavy atom. The molecule has 0 N–H and O–H groups in total. The lowest BCUT2D eigenvalue weighted by Crippen LogP contribution is -2.21. The maximum atomic E-state index is 12.6. The first-order valence-electron chi connectivity index (χ1n) is 6.56. The van der Waals surface area contributed by atoms with Gasteiger partial charge in [-0.15, -0.1) is 0 Å². The molecule has 0 spiro atoms. The van der Waals surface area contributed by atoms with Crippen LogP contribution in [-0.2, 0) is 16.4 Å². The van der Waals surface area contributed by atoms with Crippen LogP contribution in [0, 0.1) is 6.92 Å². The maximum absolute atomic E-state index is 12.6. The Morgan fingerprint density at radius 2 is 1.75 bits per heavy atom. The molecule has 5 heteroatoms. The number of Topliss-reactive ketones (excluding diaryl/α,β-unsaturated/α-hetero) is 1. The van der Waals surface area contributed by atoms with Crippen molar-refractivity contribution >= 4 is 15.8 Å². The lowest BCUT2D eigenvalue weighted by molar-refractivity contribution is 0.0966. The number of rotatable bonds is 2. The molecule has 0 amide bonds. The third-order valence-electron chi connectivity index (χ3n) is 3.63. The quantitative estimate of drug-likeness (QED) is 0.853. The molecule has 20 heavy (non-hydrogen) atoms. The molecule has 0 saturated heterocycles. The molecule has 0 saturated carbocycles. The van der Waals surface area contributed by atoms with Crippen LogP contribution in [0.2, 0.25) is 0 Å². The molecule has 4 nitrogen and oxygen atoms in total. The van der Waals surface area contributed by atoms with Crippen LogP contribution in [0.25, 0.3) is 0 Å². The van der Waals surface area contributed by atoms with E-state index in [0.717, 1.165) is 27.9 Å². The van der Waals surface area contributed by atoms with E-state index in [4.69, 9.17) is 0 Å². The normalized spacial score (nSPS) is 15.2. The van der Waals surface area contributed by atoms with Gasteiger partial charge in [-0.1, -0.05) is 17.7 Å². The van der Waals surface area contributed by atoms with Gasteiger partial charge >= 0.3 is 0 Å². The van der Waals surface area contributed by atoms with E-state index in [9.17, 15) is 13.2 Å². The van der Waals surface area contributed by atoms with Gasteiger partial charge in [-0.05, 0) is 43.5 Å². The zero-order valence-corrected chi connectivity index (χ0v) is 12.0. The Hall–Kier alpha value is -1.88. The van der Waals surface area contributed by atoms with Crippen LogP contribution in [0.15, 0.2) is 41.4 Å². The molecule has 3 rings (SSSR count). The average Bonchev–Trinajstić information content (AvgIpc) is 2.85. The summed E-state index contributed by atoms with van der Waals surface area (Å²) in [4.78, 5) is 12.2. The van der Waals surface area contributed by atoms with E-state index in [2.05, 4.69) is 0 Å². The lowest BCUT2D eigenvalue weighted by Gasteiger charge is -2.15. The van der Waals surface area contributed by atoms with Crippen molar-refractivity contribution in [3.05, 3.63) is 53.3 Å². The number of fused-ring (bicyclic) bond motifs is 1. The van der Waals surface area contributed by atoms with E-state index in [1.54, 1.807) is 30.3 Å². The summed E-state index contributed by atoms with van der Waals surface area (Å²) in [6.07, 6.45) is 3.46. The highest BCUT2D eigenvalue weighted by atomic mass is 32.2. The molecule has 1 aliphatic carbocycles. The van der Waals surface area contributed by atoms with E-state index in [1.807, 2.05) is 6.92 Å². The van der Waals surface area contributed by atoms with Crippen LogP contribution >= 0.6 is 0 Å². The minimum Gasteiger partial charge on any atom is -0.292 e. The van der Waals surface area contributed by atoms with Gasteiger partial charge in [-0.3, -0.25) is 4.79 Å². The topological polar surface area (TPSA) is 56.1 Å². The summed E-state index contributed by atoms with van der Waals surface area (Å²) in [6.45, 7) is 1.90. The molecule has 1 heterocycles. The van der Waals surface area contributed by atoms with Crippen LogP contribution in [-0.4, -0.2) is 18.2 Å². The molecule has 1 aromatic heterocycles. The highest BCUT2D eigenvalue weighted by molar-refractivity contribution is 7.90. The summed E-state index contributed by atoms with van der Waals surface area (Å²) in [5.74, 6) is -0.0908. The highest BCUT2D eigenvalue weighted by Gasteiger charge is 2.27. The fourth-order valence-corrected chi connectivity index (χ4v) is 3.93. The summed E-state index contributed by atoms with van der Waals surface area (Å²) in [5, 5.41) is 0. The summed E-state index contributed by atoms with van der Waals surface area (Å²) >= 11 is 0. The summed E-state index contributed by atoms with van der Waals surface area (Å²) in [5.41, 5.74) is 2.16. The van der Waals surface area contributed by atoms with E-state index < -0.39 is 10.0 Å². The van der Waals surface area contributed by atoms with Crippen molar-refractivity contribution in [2.24, 2.45) is 0 Å².